The van der Waals surface area contributed by atoms with Crippen molar-refractivity contribution in [1.29, 1.82) is 0 Å². The van der Waals surface area contributed by atoms with Crippen LogP contribution >= 0.6 is 12.4 Å². The maximum Gasteiger partial charge on any atom is 0.276 e. The van der Waals surface area contributed by atoms with Crippen LogP contribution in [0.5, 0.6) is 0 Å². The molecule has 6 nitrogen and oxygen atoms in total. The Hall–Kier alpha value is -1.99. The highest BCUT2D eigenvalue weighted by molar-refractivity contribution is 5.95. The Morgan fingerprint density at radius 3 is 2.61 bits per heavy atom. The molecule has 1 amide bonds. The van der Waals surface area contributed by atoms with Gasteiger partial charge in [-0.05, 0) is 51.3 Å². The van der Waals surface area contributed by atoms with Gasteiger partial charge in [0.15, 0.2) is 5.69 Å². The molecule has 0 aliphatic carbocycles. The predicted molar refractivity (Wildman–Crippen MR) is 109 cm³/mol. The van der Waals surface area contributed by atoms with Crippen LogP contribution in [-0.2, 0) is 6.54 Å². The van der Waals surface area contributed by atoms with Gasteiger partial charge < -0.3 is 10.2 Å². The fourth-order valence-corrected chi connectivity index (χ4v) is 4.60. The first-order valence-corrected chi connectivity index (χ1v) is 9.71. The van der Waals surface area contributed by atoms with Gasteiger partial charge in [0.1, 0.15) is 5.82 Å². The van der Waals surface area contributed by atoms with E-state index < -0.39 is 17.2 Å². The Kier molecular flexibility index (Phi) is 6.05. The minimum absolute atomic E-state index is 0. The average molecular weight is 409 g/mol. The van der Waals surface area contributed by atoms with Gasteiger partial charge in [0, 0.05) is 24.7 Å². The summed E-state index contributed by atoms with van der Waals surface area (Å²) in [7, 11) is 2.14. The van der Waals surface area contributed by atoms with E-state index in [0.29, 0.717) is 24.1 Å². The van der Waals surface area contributed by atoms with E-state index in [1.165, 1.54) is 6.07 Å². The van der Waals surface area contributed by atoms with Gasteiger partial charge in [-0.25, -0.2) is 4.39 Å². The predicted octanol–water partition coefficient (Wildman–Crippen LogP) is 2.72. The molecule has 2 bridgehead atoms. The number of carbonyl (C=O) groups excluding carboxylic acids is 1. The van der Waals surface area contributed by atoms with Crippen molar-refractivity contribution in [2.24, 2.45) is 0 Å². The molecule has 0 spiro atoms. The molecule has 2 aliphatic heterocycles. The summed E-state index contributed by atoms with van der Waals surface area (Å²) in [6, 6.07) is 5.46. The largest absolute Gasteiger partial charge is 0.348 e. The Morgan fingerprint density at radius 2 is 1.96 bits per heavy atom. The number of nitrogens with zero attached hydrogens (tertiary/aromatic N) is 3. The topological polar surface area (TPSA) is 67.2 Å². The number of hydrogen-bond donors (Lipinski definition) is 1. The third-order valence-electron chi connectivity index (χ3n) is 6.02. The summed E-state index contributed by atoms with van der Waals surface area (Å²) < 4.78 is 15.9. The number of benzene rings is 1. The number of piperidine rings is 1. The van der Waals surface area contributed by atoms with E-state index in [1.54, 1.807) is 16.8 Å². The van der Waals surface area contributed by atoms with E-state index >= 15 is 0 Å². The highest BCUT2D eigenvalue weighted by atomic mass is 35.5. The van der Waals surface area contributed by atoms with Crippen molar-refractivity contribution in [3.05, 3.63) is 39.9 Å². The SMILES string of the molecule is CCCn1nc(C(=O)NC2C[C@H]3CC[C@@H](C2)N3C)c(=O)c2c(F)cccc21.Cl. The number of aryl methyl sites for hydroxylation is 1. The fraction of sp³-hybridized carbons (Fsp3) is 0.550. The van der Waals surface area contributed by atoms with Crippen molar-refractivity contribution in [1.82, 2.24) is 20.0 Å². The molecule has 2 aliphatic rings. The zero-order valence-electron chi connectivity index (χ0n) is 16.2. The van der Waals surface area contributed by atoms with Crippen LogP contribution < -0.4 is 10.7 Å². The molecule has 1 aromatic heterocycles. The molecule has 1 unspecified atom stereocenters. The monoisotopic (exact) mass is 408 g/mol. The van der Waals surface area contributed by atoms with Crippen LogP contribution in [0.25, 0.3) is 10.9 Å². The van der Waals surface area contributed by atoms with Crippen LogP contribution in [0.4, 0.5) is 4.39 Å². The van der Waals surface area contributed by atoms with Gasteiger partial charge >= 0.3 is 0 Å². The zero-order chi connectivity index (χ0) is 19.1. The quantitative estimate of drug-likeness (QED) is 0.844. The third kappa shape index (κ3) is 3.53. The van der Waals surface area contributed by atoms with Crippen molar-refractivity contribution < 1.29 is 9.18 Å². The van der Waals surface area contributed by atoms with Crippen molar-refractivity contribution in [2.45, 2.75) is 63.7 Å². The number of carbonyl (C=O) groups is 1. The second-order valence-corrected chi connectivity index (χ2v) is 7.73. The average Bonchev–Trinajstić information content (AvgIpc) is 2.85. The maximum atomic E-state index is 14.3. The Bertz CT molecular complexity index is 934. The molecular weight excluding hydrogens is 383 g/mol. The summed E-state index contributed by atoms with van der Waals surface area (Å²) in [5, 5.41) is 7.21. The molecule has 152 valence electrons. The number of fused-ring (bicyclic) bond motifs is 3. The highest BCUT2D eigenvalue weighted by Crippen LogP contribution is 2.34. The van der Waals surface area contributed by atoms with E-state index in [-0.39, 0.29) is 29.5 Å². The summed E-state index contributed by atoms with van der Waals surface area (Å²) in [5.74, 6) is -1.11. The van der Waals surface area contributed by atoms with Gasteiger partial charge in [-0.15, -0.1) is 12.4 Å². The van der Waals surface area contributed by atoms with E-state index in [1.807, 2.05) is 6.92 Å². The molecule has 4 rings (SSSR count). The molecule has 0 radical (unpaired) electrons. The first-order valence-electron chi connectivity index (χ1n) is 9.71. The van der Waals surface area contributed by atoms with Gasteiger partial charge in [0.25, 0.3) is 5.91 Å². The molecule has 2 saturated heterocycles. The molecule has 2 fully saturated rings. The normalized spacial score (nSPS) is 24.2. The fourth-order valence-electron chi connectivity index (χ4n) is 4.60. The van der Waals surface area contributed by atoms with Crippen LogP contribution in [0, 0.1) is 5.82 Å². The first-order chi connectivity index (χ1) is 13.0. The molecule has 3 heterocycles. The summed E-state index contributed by atoms with van der Waals surface area (Å²) in [5.41, 5.74) is -0.424. The van der Waals surface area contributed by atoms with Gasteiger partial charge in [0.2, 0.25) is 5.43 Å². The van der Waals surface area contributed by atoms with E-state index in [4.69, 9.17) is 0 Å². The second kappa shape index (κ2) is 8.17. The molecule has 0 saturated carbocycles. The van der Waals surface area contributed by atoms with Gasteiger partial charge in [-0.3, -0.25) is 14.3 Å². The maximum absolute atomic E-state index is 14.3. The number of amides is 1. The highest BCUT2D eigenvalue weighted by Gasteiger charge is 2.39. The molecule has 8 heteroatoms. The van der Waals surface area contributed by atoms with Gasteiger partial charge in [-0.2, -0.15) is 5.10 Å². The third-order valence-corrected chi connectivity index (χ3v) is 6.02. The minimum Gasteiger partial charge on any atom is -0.348 e. The number of rotatable bonds is 4. The van der Waals surface area contributed by atoms with Crippen molar-refractivity contribution >= 4 is 29.2 Å². The van der Waals surface area contributed by atoms with E-state index in [2.05, 4.69) is 22.4 Å². The van der Waals surface area contributed by atoms with Crippen molar-refractivity contribution in [3.63, 3.8) is 0 Å². The van der Waals surface area contributed by atoms with Crippen molar-refractivity contribution in [2.75, 3.05) is 7.05 Å². The molecular formula is C20H26ClFN4O2. The van der Waals surface area contributed by atoms with Crippen LogP contribution in [-0.4, -0.2) is 45.8 Å². The number of hydrogen-bond acceptors (Lipinski definition) is 4. The second-order valence-electron chi connectivity index (χ2n) is 7.73. The summed E-state index contributed by atoms with van der Waals surface area (Å²) in [4.78, 5) is 28.0. The van der Waals surface area contributed by atoms with Crippen LogP contribution in [0.3, 0.4) is 0 Å². The Labute approximate surface area is 169 Å². The molecule has 28 heavy (non-hydrogen) atoms. The van der Waals surface area contributed by atoms with E-state index in [9.17, 15) is 14.0 Å². The smallest absolute Gasteiger partial charge is 0.276 e. The number of halogens is 2. The van der Waals surface area contributed by atoms with Crippen molar-refractivity contribution in [3.8, 4) is 0 Å². The van der Waals surface area contributed by atoms with Crippen LogP contribution in [0.2, 0.25) is 0 Å². The van der Waals surface area contributed by atoms with Gasteiger partial charge in [-0.1, -0.05) is 13.0 Å². The van der Waals surface area contributed by atoms with Crippen LogP contribution in [0.1, 0.15) is 49.5 Å². The Morgan fingerprint density at radius 1 is 1.29 bits per heavy atom. The first kappa shape index (κ1) is 20.7. The zero-order valence-corrected chi connectivity index (χ0v) is 17.0. The lowest BCUT2D eigenvalue weighted by Gasteiger charge is -2.36. The molecule has 1 aromatic carbocycles. The molecule has 3 atom stereocenters. The molecule has 2 aromatic rings. The lowest BCUT2D eigenvalue weighted by atomic mass is 9.98. The Balaban J connectivity index is 0.00000225. The lowest BCUT2D eigenvalue weighted by molar-refractivity contribution is 0.0874. The van der Waals surface area contributed by atoms with E-state index in [0.717, 1.165) is 32.1 Å². The summed E-state index contributed by atoms with van der Waals surface area (Å²) in [6.45, 7) is 2.48. The number of aromatic nitrogens is 2. The molecule has 1 N–H and O–H groups in total. The number of nitrogens with one attached hydrogen (secondary N) is 1. The van der Waals surface area contributed by atoms with Crippen LogP contribution in [0.15, 0.2) is 23.0 Å². The lowest BCUT2D eigenvalue weighted by Crippen LogP contribution is -2.49. The summed E-state index contributed by atoms with van der Waals surface area (Å²) >= 11 is 0. The summed E-state index contributed by atoms with van der Waals surface area (Å²) in [6.07, 6.45) is 4.82. The minimum atomic E-state index is -0.635. The standard InChI is InChI=1S/C20H25FN4O2.ClH/c1-3-9-25-16-6-4-5-15(21)17(16)19(26)18(23-25)20(27)22-12-10-13-7-8-14(11-12)24(13)2;/h4-6,12-14H,3,7-11H2,1-2H3,(H,22,27);1H/t12?,13-,14+;. The van der Waals surface area contributed by atoms with Gasteiger partial charge in [0.05, 0.1) is 10.9 Å².